The fraction of sp³-hybridized carbons (Fsp3) is 0.483. The minimum Gasteiger partial charge on any atom is -0.481 e. The number of aliphatic hydroxyl groups excluding tert-OH is 1. The third-order valence-corrected chi connectivity index (χ3v) is 8.50. The number of aliphatic carboxylic acids is 1. The van der Waals surface area contributed by atoms with E-state index >= 15 is 0 Å². The van der Waals surface area contributed by atoms with Crippen molar-refractivity contribution in [1.82, 2.24) is 10.2 Å². The van der Waals surface area contributed by atoms with Gasteiger partial charge in [0.05, 0.1) is 28.4 Å². The van der Waals surface area contributed by atoms with E-state index in [1.807, 2.05) is 44.2 Å². The van der Waals surface area contributed by atoms with Gasteiger partial charge in [-0.25, -0.2) is 8.42 Å². The number of hydrogen-bond acceptors (Lipinski definition) is 6. The molecule has 0 aliphatic rings. The summed E-state index contributed by atoms with van der Waals surface area (Å²) in [6.45, 7) is 8.16. The Bertz CT molecular complexity index is 1210. The van der Waals surface area contributed by atoms with Crippen molar-refractivity contribution in [1.29, 1.82) is 0 Å². The molecule has 0 bridgehead atoms. The second-order valence-electron chi connectivity index (χ2n) is 10.9. The monoisotopic (exact) mass is 560 g/mol. The molecule has 0 heterocycles. The van der Waals surface area contributed by atoms with Crippen LogP contribution in [0.5, 0.6) is 0 Å². The van der Waals surface area contributed by atoms with Crippen LogP contribution < -0.4 is 5.32 Å². The maximum Gasteiger partial charge on any atom is 0.309 e. The molecule has 0 saturated heterocycles. The zero-order chi connectivity index (χ0) is 29.4. The molecule has 39 heavy (non-hydrogen) atoms. The Morgan fingerprint density at radius 2 is 1.46 bits per heavy atom. The highest BCUT2D eigenvalue weighted by Crippen LogP contribution is 2.27. The standard InChI is InChI=1S/C29H40N2O7S/c1-20(2)17-31(26(33)19-39(37,38)23-14-10-7-11-15-23)18-25(32)24(16-22-12-8-6-9-13-22)30-27(34)21(3)29(4,5)28(35)36/h6-15,20-21,24-25,32H,16-19H2,1-5H3,(H,30,34)(H,35,36)/t21-,24-,25+/m0/s1. The minimum atomic E-state index is -3.90. The van der Waals surface area contributed by atoms with Crippen molar-refractivity contribution >= 4 is 27.6 Å². The van der Waals surface area contributed by atoms with Crippen molar-refractivity contribution in [2.45, 2.75) is 58.1 Å². The molecule has 0 spiro atoms. The van der Waals surface area contributed by atoms with Crippen molar-refractivity contribution in [2.75, 3.05) is 18.8 Å². The smallest absolute Gasteiger partial charge is 0.309 e. The Kier molecular flexibility index (Phi) is 11.2. The van der Waals surface area contributed by atoms with E-state index in [9.17, 15) is 33.0 Å². The molecule has 214 valence electrons. The molecule has 0 unspecified atom stereocenters. The predicted molar refractivity (Wildman–Crippen MR) is 149 cm³/mol. The van der Waals surface area contributed by atoms with Gasteiger partial charge < -0.3 is 20.4 Å². The van der Waals surface area contributed by atoms with Crippen LogP contribution in [0.3, 0.4) is 0 Å². The van der Waals surface area contributed by atoms with Crippen molar-refractivity contribution in [3.63, 3.8) is 0 Å². The largest absolute Gasteiger partial charge is 0.481 e. The van der Waals surface area contributed by atoms with Crippen LogP contribution in [0, 0.1) is 17.3 Å². The maximum atomic E-state index is 13.2. The molecule has 2 amide bonds. The third kappa shape index (κ3) is 9.18. The summed E-state index contributed by atoms with van der Waals surface area (Å²) in [5.41, 5.74) is -0.530. The minimum absolute atomic E-state index is 0.0147. The van der Waals surface area contributed by atoms with Gasteiger partial charge in [-0.15, -0.1) is 0 Å². The summed E-state index contributed by atoms with van der Waals surface area (Å²) in [5, 5.41) is 23.6. The number of hydrogen-bond donors (Lipinski definition) is 3. The molecule has 2 rings (SSSR count). The Morgan fingerprint density at radius 1 is 0.923 bits per heavy atom. The number of carboxylic acid groups (broad SMARTS) is 1. The first-order valence-electron chi connectivity index (χ1n) is 13.0. The van der Waals surface area contributed by atoms with Crippen molar-refractivity contribution < 1.29 is 33.0 Å². The highest BCUT2D eigenvalue weighted by molar-refractivity contribution is 7.92. The quantitative estimate of drug-likeness (QED) is 0.323. The van der Waals surface area contributed by atoms with Crippen LogP contribution in [0.15, 0.2) is 65.6 Å². The molecule has 0 radical (unpaired) electrons. The zero-order valence-electron chi connectivity index (χ0n) is 23.2. The molecule has 10 heteroatoms. The van der Waals surface area contributed by atoms with Crippen LogP contribution >= 0.6 is 0 Å². The highest BCUT2D eigenvalue weighted by Gasteiger charge is 2.39. The fourth-order valence-corrected chi connectivity index (χ4v) is 5.26. The fourth-order valence-electron chi connectivity index (χ4n) is 4.01. The number of carbonyl (C=O) groups is 3. The molecule has 2 aromatic rings. The average molecular weight is 561 g/mol. The molecule has 3 atom stereocenters. The molecule has 9 nitrogen and oxygen atoms in total. The molecule has 2 aromatic carbocycles. The Morgan fingerprint density at radius 3 is 1.97 bits per heavy atom. The average Bonchev–Trinajstić information content (AvgIpc) is 2.87. The van der Waals surface area contributed by atoms with Crippen LogP contribution in [-0.4, -0.2) is 72.3 Å². The summed E-state index contributed by atoms with van der Waals surface area (Å²) < 4.78 is 25.7. The summed E-state index contributed by atoms with van der Waals surface area (Å²) in [5.74, 6) is -4.01. The van der Waals surface area contributed by atoms with E-state index in [1.54, 1.807) is 18.2 Å². The number of sulfone groups is 1. The molecule has 0 aromatic heterocycles. The number of nitrogens with zero attached hydrogens (tertiary/aromatic N) is 1. The summed E-state index contributed by atoms with van der Waals surface area (Å²) in [6, 6.07) is 16.0. The number of aliphatic hydroxyl groups is 1. The molecule has 0 aliphatic carbocycles. The zero-order valence-corrected chi connectivity index (χ0v) is 24.0. The Balaban J connectivity index is 2.29. The van der Waals surface area contributed by atoms with Crippen LogP contribution in [0.1, 0.15) is 40.2 Å². The first-order valence-corrected chi connectivity index (χ1v) is 14.6. The summed E-state index contributed by atoms with van der Waals surface area (Å²) >= 11 is 0. The second kappa shape index (κ2) is 13.7. The topological polar surface area (TPSA) is 141 Å². The van der Waals surface area contributed by atoms with Gasteiger partial charge in [-0.05, 0) is 43.9 Å². The first kappa shape index (κ1) is 32.0. The predicted octanol–water partition coefficient (Wildman–Crippen LogP) is 2.78. The lowest BCUT2D eigenvalue weighted by atomic mass is 9.79. The number of rotatable bonds is 14. The molecule has 0 saturated carbocycles. The number of carbonyl (C=O) groups excluding carboxylic acids is 2. The lowest BCUT2D eigenvalue weighted by molar-refractivity contribution is -0.153. The summed E-state index contributed by atoms with van der Waals surface area (Å²) in [4.78, 5) is 39.3. The van der Waals surface area contributed by atoms with Gasteiger partial charge in [0.15, 0.2) is 9.84 Å². The van der Waals surface area contributed by atoms with Crippen LogP contribution in [-0.2, 0) is 30.6 Å². The highest BCUT2D eigenvalue weighted by atomic mass is 32.2. The SMILES string of the molecule is CC(C)CN(C[C@@H](O)[C@H](Cc1ccccc1)NC(=O)[C@H](C)C(C)(C)C(=O)O)C(=O)CS(=O)(=O)c1ccccc1. The number of benzene rings is 2. The number of amides is 2. The van der Waals surface area contributed by atoms with Gasteiger partial charge in [0.2, 0.25) is 11.8 Å². The van der Waals surface area contributed by atoms with Gasteiger partial charge in [-0.3, -0.25) is 14.4 Å². The van der Waals surface area contributed by atoms with E-state index in [-0.39, 0.29) is 30.3 Å². The van der Waals surface area contributed by atoms with Gasteiger partial charge in [0.25, 0.3) is 0 Å². The van der Waals surface area contributed by atoms with E-state index in [4.69, 9.17) is 0 Å². The van der Waals surface area contributed by atoms with Gasteiger partial charge >= 0.3 is 5.97 Å². The van der Waals surface area contributed by atoms with Crippen LogP contribution in [0.25, 0.3) is 0 Å². The molecular formula is C29H40N2O7S. The Labute approximate surface area is 231 Å². The maximum absolute atomic E-state index is 13.2. The van der Waals surface area contributed by atoms with Crippen LogP contribution in [0.2, 0.25) is 0 Å². The molecule has 3 N–H and O–H groups in total. The normalized spacial score (nSPS) is 14.3. The van der Waals surface area contributed by atoms with E-state index < -0.39 is 56.9 Å². The van der Waals surface area contributed by atoms with Gasteiger partial charge in [0.1, 0.15) is 5.75 Å². The molecule has 0 aliphatic heterocycles. The van der Waals surface area contributed by atoms with E-state index in [2.05, 4.69) is 5.32 Å². The van der Waals surface area contributed by atoms with Crippen molar-refractivity contribution in [3.05, 3.63) is 66.2 Å². The van der Waals surface area contributed by atoms with Gasteiger partial charge in [-0.1, -0.05) is 69.3 Å². The van der Waals surface area contributed by atoms with Crippen molar-refractivity contribution in [3.8, 4) is 0 Å². The second-order valence-corrected chi connectivity index (χ2v) is 12.9. The number of carboxylic acids is 1. The van der Waals surface area contributed by atoms with E-state index in [0.29, 0.717) is 0 Å². The Hall–Kier alpha value is -3.24. The van der Waals surface area contributed by atoms with Crippen molar-refractivity contribution in [2.24, 2.45) is 17.3 Å². The lowest BCUT2D eigenvalue weighted by Crippen LogP contribution is -2.54. The molecular weight excluding hydrogens is 520 g/mol. The van der Waals surface area contributed by atoms with E-state index in [0.717, 1.165) is 5.56 Å². The van der Waals surface area contributed by atoms with Gasteiger partial charge in [-0.2, -0.15) is 0 Å². The summed E-state index contributed by atoms with van der Waals surface area (Å²) in [7, 11) is -3.90. The van der Waals surface area contributed by atoms with Crippen LogP contribution in [0.4, 0.5) is 0 Å². The first-order chi connectivity index (χ1) is 18.1. The third-order valence-electron chi connectivity index (χ3n) is 6.88. The molecule has 0 fully saturated rings. The number of nitrogens with one attached hydrogen (secondary N) is 1. The lowest BCUT2D eigenvalue weighted by Gasteiger charge is -2.33. The van der Waals surface area contributed by atoms with Gasteiger partial charge in [0, 0.05) is 13.1 Å². The van der Waals surface area contributed by atoms with E-state index in [1.165, 1.54) is 37.8 Å². The summed E-state index contributed by atoms with van der Waals surface area (Å²) in [6.07, 6.45) is -1.03.